The summed E-state index contributed by atoms with van der Waals surface area (Å²) in [7, 11) is -1.95. The second-order valence-electron chi connectivity index (χ2n) is 5.08. The molecule has 2 heteroatoms. The molecule has 0 saturated heterocycles. The Balaban J connectivity index is 2.56. The molecule has 0 aliphatic heterocycles. The molecular formula is C19H20OSi. The lowest BCUT2D eigenvalue weighted by Crippen LogP contribution is -2.57. The number of carbonyl (C=O) groups is 1. The van der Waals surface area contributed by atoms with Crippen LogP contribution < -0.4 is 10.4 Å². The Labute approximate surface area is 127 Å². The predicted molar refractivity (Wildman–Crippen MR) is 92.9 cm³/mol. The fraction of sp³-hybridized carbons (Fsp3) is 0.105. The molecule has 1 nitrogen and oxygen atoms in total. The highest BCUT2D eigenvalue weighted by Crippen LogP contribution is 2.18. The topological polar surface area (TPSA) is 17.1 Å². The van der Waals surface area contributed by atoms with Crippen molar-refractivity contribution in [3.8, 4) is 0 Å². The van der Waals surface area contributed by atoms with Crippen LogP contribution in [-0.4, -0.2) is 14.4 Å². The largest absolute Gasteiger partial charge is 0.299 e. The van der Waals surface area contributed by atoms with Crippen molar-refractivity contribution in [1.82, 2.24) is 0 Å². The van der Waals surface area contributed by atoms with E-state index in [0.717, 1.165) is 18.4 Å². The smallest absolute Gasteiger partial charge is 0.142 e. The van der Waals surface area contributed by atoms with Crippen LogP contribution in [0.15, 0.2) is 85.5 Å². The highest BCUT2D eigenvalue weighted by molar-refractivity contribution is 7.02. The summed E-state index contributed by atoms with van der Waals surface area (Å²) in [4.78, 5) is 10.6. The first-order chi connectivity index (χ1) is 10.3. The van der Waals surface area contributed by atoms with Crippen molar-refractivity contribution in [2.24, 2.45) is 0 Å². The van der Waals surface area contributed by atoms with Crippen molar-refractivity contribution >= 4 is 24.7 Å². The Morgan fingerprint density at radius 2 is 1.38 bits per heavy atom. The van der Waals surface area contributed by atoms with E-state index in [4.69, 9.17) is 0 Å². The molecule has 0 aliphatic carbocycles. The third-order valence-electron chi connectivity index (χ3n) is 3.83. The van der Waals surface area contributed by atoms with Gasteiger partial charge in [0.15, 0.2) is 0 Å². The van der Waals surface area contributed by atoms with E-state index in [2.05, 4.69) is 55.1 Å². The van der Waals surface area contributed by atoms with Crippen molar-refractivity contribution in [2.45, 2.75) is 12.1 Å². The fourth-order valence-electron chi connectivity index (χ4n) is 2.81. The van der Waals surface area contributed by atoms with E-state index in [1.54, 1.807) is 6.08 Å². The van der Waals surface area contributed by atoms with Gasteiger partial charge in [-0.3, -0.25) is 4.79 Å². The molecule has 0 amide bonds. The van der Waals surface area contributed by atoms with Gasteiger partial charge in [-0.2, -0.15) is 0 Å². The number of hydrogen-bond donors (Lipinski definition) is 0. The Morgan fingerprint density at radius 3 is 1.81 bits per heavy atom. The standard InChI is InChI=1S/C19H20OSi/c1-2-16-21(17-10-9-15-20,18-11-5-3-6-12-18)19-13-7-4-8-14-19/h2-15H,1,16-17H2/b10-9+. The molecule has 0 atom stereocenters. The second-order valence-corrected chi connectivity index (χ2v) is 9.21. The molecule has 2 rings (SSSR count). The van der Waals surface area contributed by atoms with Crippen LogP contribution in [0.5, 0.6) is 0 Å². The molecule has 0 N–H and O–H groups in total. The quantitative estimate of drug-likeness (QED) is 0.331. The van der Waals surface area contributed by atoms with Gasteiger partial charge in [0.2, 0.25) is 0 Å². The van der Waals surface area contributed by atoms with Crippen LogP contribution in [0.3, 0.4) is 0 Å². The molecule has 0 fully saturated rings. The van der Waals surface area contributed by atoms with Gasteiger partial charge in [-0.1, -0.05) is 83.2 Å². The third kappa shape index (κ3) is 3.47. The number of allylic oxidation sites excluding steroid dienone is 3. The van der Waals surface area contributed by atoms with Gasteiger partial charge in [-0.25, -0.2) is 0 Å². The Hall–Kier alpha value is -2.19. The summed E-state index contributed by atoms with van der Waals surface area (Å²) >= 11 is 0. The third-order valence-corrected chi connectivity index (χ3v) is 8.62. The van der Waals surface area contributed by atoms with E-state index >= 15 is 0 Å². The number of rotatable bonds is 7. The van der Waals surface area contributed by atoms with Crippen LogP contribution in [0.4, 0.5) is 0 Å². The number of aldehydes is 1. The lowest BCUT2D eigenvalue weighted by molar-refractivity contribution is -0.104. The summed E-state index contributed by atoms with van der Waals surface area (Å²) < 4.78 is 0. The molecule has 0 radical (unpaired) electrons. The fourth-order valence-corrected chi connectivity index (χ4v) is 6.94. The van der Waals surface area contributed by atoms with Gasteiger partial charge < -0.3 is 0 Å². The normalized spacial score (nSPS) is 11.4. The van der Waals surface area contributed by atoms with E-state index < -0.39 is 8.07 Å². The lowest BCUT2D eigenvalue weighted by Gasteiger charge is -2.31. The molecule has 2 aromatic carbocycles. The number of benzene rings is 2. The zero-order chi connectivity index (χ0) is 15.0. The minimum Gasteiger partial charge on any atom is -0.299 e. The first-order valence-electron chi connectivity index (χ1n) is 7.16. The second kappa shape index (κ2) is 7.55. The molecule has 106 valence electrons. The van der Waals surface area contributed by atoms with Crippen molar-refractivity contribution in [2.75, 3.05) is 0 Å². The van der Waals surface area contributed by atoms with Crippen molar-refractivity contribution < 1.29 is 4.79 Å². The summed E-state index contributed by atoms with van der Waals surface area (Å²) in [6, 6.07) is 23.1. The number of carbonyl (C=O) groups excluding carboxylic acids is 1. The van der Waals surface area contributed by atoms with Crippen LogP contribution >= 0.6 is 0 Å². The minimum absolute atomic E-state index is 0.850. The average molecular weight is 292 g/mol. The average Bonchev–Trinajstić information content (AvgIpc) is 2.56. The minimum atomic E-state index is -1.95. The van der Waals surface area contributed by atoms with Crippen LogP contribution in [0.1, 0.15) is 0 Å². The maximum absolute atomic E-state index is 10.6. The highest BCUT2D eigenvalue weighted by Gasteiger charge is 2.34. The first-order valence-corrected chi connectivity index (χ1v) is 9.57. The molecule has 2 aromatic rings. The summed E-state index contributed by atoms with van der Waals surface area (Å²) in [5, 5.41) is 2.76. The van der Waals surface area contributed by atoms with Crippen LogP contribution in [0, 0.1) is 0 Å². The molecule has 0 saturated carbocycles. The Kier molecular flexibility index (Phi) is 5.47. The molecule has 0 heterocycles. The summed E-state index contributed by atoms with van der Waals surface area (Å²) in [6.07, 6.45) is 6.48. The SMILES string of the molecule is C=CC[Si](C/C=C/C=O)(c1ccccc1)c1ccccc1. The molecule has 0 aromatic heterocycles. The first kappa shape index (κ1) is 15.2. The molecule has 0 unspecified atom stereocenters. The maximum atomic E-state index is 10.6. The van der Waals surface area contributed by atoms with E-state index in [0.29, 0.717) is 0 Å². The van der Waals surface area contributed by atoms with Crippen LogP contribution in [-0.2, 0) is 4.79 Å². The van der Waals surface area contributed by atoms with Crippen molar-refractivity contribution in [3.63, 3.8) is 0 Å². The van der Waals surface area contributed by atoms with E-state index in [-0.39, 0.29) is 0 Å². The van der Waals surface area contributed by atoms with Gasteiger partial charge in [-0.05, 0) is 18.2 Å². The van der Waals surface area contributed by atoms with Crippen LogP contribution in [0.2, 0.25) is 12.1 Å². The summed E-state index contributed by atoms with van der Waals surface area (Å²) in [6.45, 7) is 3.97. The summed E-state index contributed by atoms with van der Waals surface area (Å²) in [5.74, 6) is 0. The molecule has 0 spiro atoms. The maximum Gasteiger partial charge on any atom is 0.142 e. The predicted octanol–water partition coefficient (Wildman–Crippen LogP) is 3.19. The Morgan fingerprint density at radius 1 is 0.857 bits per heavy atom. The molecule has 21 heavy (non-hydrogen) atoms. The molecular weight excluding hydrogens is 272 g/mol. The zero-order valence-corrected chi connectivity index (χ0v) is 13.1. The van der Waals surface area contributed by atoms with E-state index in [9.17, 15) is 4.79 Å². The van der Waals surface area contributed by atoms with Crippen molar-refractivity contribution in [1.29, 1.82) is 0 Å². The zero-order valence-electron chi connectivity index (χ0n) is 12.1. The van der Waals surface area contributed by atoms with Gasteiger partial charge >= 0.3 is 0 Å². The molecule has 0 bridgehead atoms. The monoisotopic (exact) mass is 292 g/mol. The van der Waals surface area contributed by atoms with E-state index in [1.165, 1.54) is 10.4 Å². The van der Waals surface area contributed by atoms with Gasteiger partial charge in [0.1, 0.15) is 14.4 Å². The van der Waals surface area contributed by atoms with E-state index in [1.807, 2.05) is 24.3 Å². The molecule has 0 aliphatic rings. The van der Waals surface area contributed by atoms with Crippen LogP contribution in [0.25, 0.3) is 0 Å². The Bertz CT molecular complexity index is 562. The van der Waals surface area contributed by atoms with Gasteiger partial charge in [0, 0.05) is 0 Å². The van der Waals surface area contributed by atoms with Gasteiger partial charge in [0.05, 0.1) is 0 Å². The van der Waals surface area contributed by atoms with Crippen molar-refractivity contribution in [3.05, 3.63) is 85.5 Å². The van der Waals surface area contributed by atoms with Gasteiger partial charge in [-0.15, -0.1) is 6.58 Å². The summed E-state index contributed by atoms with van der Waals surface area (Å²) in [5.41, 5.74) is 0. The lowest BCUT2D eigenvalue weighted by atomic mass is 10.4. The highest BCUT2D eigenvalue weighted by atomic mass is 28.3. The van der Waals surface area contributed by atoms with Gasteiger partial charge in [0.25, 0.3) is 0 Å². The number of hydrogen-bond acceptors (Lipinski definition) is 1.